The molecule has 5 heteroatoms. The van der Waals surface area contributed by atoms with E-state index in [0.29, 0.717) is 0 Å². The van der Waals surface area contributed by atoms with Gasteiger partial charge in [0.2, 0.25) is 0 Å². The molecule has 9 heavy (non-hydrogen) atoms. The first-order valence-corrected chi connectivity index (χ1v) is 2.07. The van der Waals surface area contributed by atoms with Gasteiger partial charge < -0.3 is 4.98 Å². The average molecular weight is 220 g/mol. The topological polar surface area (TPSA) is 65.7 Å². The molecule has 1 aromatic rings. The summed E-state index contributed by atoms with van der Waals surface area (Å²) in [5, 5.41) is 0. The van der Waals surface area contributed by atoms with Crippen LogP contribution in [0, 0.1) is 0 Å². The maximum atomic E-state index is 10.2. The van der Waals surface area contributed by atoms with Crippen LogP contribution >= 0.6 is 0 Å². The van der Waals surface area contributed by atoms with Crippen molar-refractivity contribution >= 4 is 0 Å². The summed E-state index contributed by atoms with van der Waals surface area (Å²) in [6, 6.07) is 1.24. The molecule has 0 fully saturated rings. The third-order valence-corrected chi connectivity index (χ3v) is 0.686. The molecule has 53 valence electrons. The van der Waals surface area contributed by atoms with Gasteiger partial charge in [-0.15, -0.1) is 0 Å². The minimum atomic E-state index is -0.475. The van der Waals surface area contributed by atoms with Gasteiger partial charge in [0.15, 0.2) is 0 Å². The molecule has 4 nitrogen and oxygen atoms in total. The number of hydrogen-bond acceptors (Lipinski definition) is 2. The molecule has 1 radical (unpaired) electrons. The normalized spacial score (nSPS) is 8.00. The fourth-order valence-electron chi connectivity index (χ4n) is 0.383. The van der Waals surface area contributed by atoms with Gasteiger partial charge in [-0.3, -0.25) is 9.78 Å². The summed E-state index contributed by atoms with van der Waals surface area (Å²) >= 11 is 0. The van der Waals surface area contributed by atoms with Crippen molar-refractivity contribution in [2.24, 2.45) is 0 Å². The van der Waals surface area contributed by atoms with Crippen LogP contribution in [0.1, 0.15) is 0 Å². The van der Waals surface area contributed by atoms with Crippen molar-refractivity contribution in [1.29, 1.82) is 0 Å². The molecule has 1 rings (SSSR count). The van der Waals surface area contributed by atoms with Crippen LogP contribution in [0.2, 0.25) is 0 Å². The quantitative estimate of drug-likeness (QED) is 0.554. The monoisotopic (exact) mass is 219 g/mol. The summed E-state index contributed by atoms with van der Waals surface area (Å²) in [6.45, 7) is 0. The Morgan fingerprint density at radius 1 is 1.33 bits per heavy atom. The number of aromatic nitrogens is 2. The molecule has 0 aromatic carbocycles. The first-order valence-electron chi connectivity index (χ1n) is 2.07. The summed E-state index contributed by atoms with van der Waals surface area (Å²) < 4.78 is 0. The molecule has 0 aliphatic heterocycles. The zero-order chi connectivity index (χ0) is 5.98. The maximum Gasteiger partial charge on any atom is 0.325 e. The Morgan fingerprint density at radius 2 is 2.00 bits per heavy atom. The van der Waals surface area contributed by atoms with Crippen molar-refractivity contribution in [3.05, 3.63) is 33.1 Å². The number of rotatable bonds is 0. The van der Waals surface area contributed by atoms with E-state index in [1.165, 1.54) is 12.3 Å². The Bertz CT molecular complexity index is 251. The van der Waals surface area contributed by atoms with Crippen LogP contribution in [0.25, 0.3) is 0 Å². The van der Waals surface area contributed by atoms with Gasteiger partial charge in [-0.1, -0.05) is 0 Å². The second kappa shape index (κ2) is 3.45. The van der Waals surface area contributed by atoms with Crippen LogP contribution in [0.5, 0.6) is 0 Å². The molecule has 2 N–H and O–H groups in total. The second-order valence-corrected chi connectivity index (χ2v) is 1.30. The van der Waals surface area contributed by atoms with Crippen LogP contribution in [0.15, 0.2) is 21.9 Å². The first-order chi connectivity index (χ1) is 3.79. The summed E-state index contributed by atoms with van der Waals surface area (Å²) in [5.74, 6) is 0. The molecule has 0 bridgehead atoms. The predicted octanol–water partition coefficient (Wildman–Crippen LogP) is -0.939. The largest absolute Gasteiger partial charge is 0.325 e. The second-order valence-electron chi connectivity index (χ2n) is 1.30. The molecule has 1 heterocycles. The summed E-state index contributed by atoms with van der Waals surface area (Å²) in [7, 11) is 0. The number of H-pyrrole nitrogens is 2. The molecule has 0 unspecified atom stereocenters. The molecule has 0 amide bonds. The van der Waals surface area contributed by atoms with Gasteiger partial charge in [0.05, 0.1) is 0 Å². The van der Waals surface area contributed by atoms with Gasteiger partial charge in [0.25, 0.3) is 5.56 Å². The minimum absolute atomic E-state index is 0. The molecule has 0 saturated heterocycles. The standard InChI is InChI=1S/C4H4N2O2.Ag/c7-3-1-2-5-4(8)6-3;/h1-2H,(H2,5,6,7,8);. The van der Waals surface area contributed by atoms with Crippen LogP contribution < -0.4 is 11.2 Å². The van der Waals surface area contributed by atoms with Crippen LogP contribution in [-0.4, -0.2) is 9.97 Å². The fraction of sp³-hybridized carbons (Fsp3) is 0. The van der Waals surface area contributed by atoms with Crippen molar-refractivity contribution in [1.82, 2.24) is 9.97 Å². The Morgan fingerprint density at radius 3 is 2.33 bits per heavy atom. The third kappa shape index (κ3) is 2.46. The molecule has 0 aliphatic rings. The molecular formula is C4H4AgN2O2. The van der Waals surface area contributed by atoms with Crippen molar-refractivity contribution in [2.45, 2.75) is 0 Å². The van der Waals surface area contributed by atoms with E-state index in [1.54, 1.807) is 0 Å². The zero-order valence-corrected chi connectivity index (χ0v) is 5.75. The van der Waals surface area contributed by atoms with Crippen molar-refractivity contribution in [2.75, 3.05) is 0 Å². The van der Waals surface area contributed by atoms with Crippen LogP contribution in [0.3, 0.4) is 0 Å². The number of nitrogens with one attached hydrogen (secondary N) is 2. The molecule has 0 atom stereocenters. The van der Waals surface area contributed by atoms with Gasteiger partial charge in [-0.25, -0.2) is 4.79 Å². The SMILES string of the molecule is O=c1cc[nH]c(=O)[nH]1.[Ag]. The van der Waals surface area contributed by atoms with Gasteiger partial charge in [-0.05, 0) is 0 Å². The Balaban J connectivity index is 0.000000640. The smallest absolute Gasteiger partial charge is 0.314 e. The van der Waals surface area contributed by atoms with E-state index in [-0.39, 0.29) is 27.9 Å². The Labute approximate surface area is 65.8 Å². The number of hydrogen-bond donors (Lipinski definition) is 2. The molecule has 0 spiro atoms. The number of aromatic amines is 2. The van der Waals surface area contributed by atoms with E-state index in [0.717, 1.165) is 0 Å². The van der Waals surface area contributed by atoms with E-state index in [9.17, 15) is 9.59 Å². The van der Waals surface area contributed by atoms with E-state index in [4.69, 9.17) is 0 Å². The van der Waals surface area contributed by atoms with Crippen molar-refractivity contribution in [3.63, 3.8) is 0 Å². The Hall–Kier alpha value is -0.580. The van der Waals surface area contributed by atoms with E-state index in [1.807, 2.05) is 4.98 Å². The predicted molar refractivity (Wildman–Crippen MR) is 27.7 cm³/mol. The molecule has 0 saturated carbocycles. The van der Waals surface area contributed by atoms with E-state index in [2.05, 4.69) is 4.98 Å². The van der Waals surface area contributed by atoms with Crippen molar-refractivity contribution in [3.8, 4) is 0 Å². The summed E-state index contributed by atoms with van der Waals surface area (Å²) in [5.41, 5.74) is -0.855. The Kier molecular flexibility index (Phi) is 3.22. The van der Waals surface area contributed by atoms with Crippen LogP contribution in [-0.2, 0) is 22.4 Å². The minimum Gasteiger partial charge on any atom is -0.314 e. The molecule has 0 aliphatic carbocycles. The maximum absolute atomic E-state index is 10.2. The van der Waals surface area contributed by atoms with Gasteiger partial charge in [0, 0.05) is 34.6 Å². The molecule has 1 aromatic heterocycles. The summed E-state index contributed by atoms with van der Waals surface area (Å²) in [4.78, 5) is 24.7. The van der Waals surface area contributed by atoms with Gasteiger partial charge in [-0.2, -0.15) is 0 Å². The van der Waals surface area contributed by atoms with Crippen LogP contribution in [0.4, 0.5) is 0 Å². The first kappa shape index (κ1) is 8.42. The van der Waals surface area contributed by atoms with Crippen molar-refractivity contribution < 1.29 is 22.4 Å². The molecular weight excluding hydrogens is 216 g/mol. The summed E-state index contributed by atoms with van der Waals surface area (Å²) in [6.07, 6.45) is 1.29. The van der Waals surface area contributed by atoms with E-state index >= 15 is 0 Å². The van der Waals surface area contributed by atoms with E-state index < -0.39 is 5.69 Å². The average Bonchev–Trinajstić information content (AvgIpc) is 1.64. The zero-order valence-electron chi connectivity index (χ0n) is 4.27. The van der Waals surface area contributed by atoms with Gasteiger partial charge >= 0.3 is 5.69 Å². The fourth-order valence-corrected chi connectivity index (χ4v) is 0.383. The van der Waals surface area contributed by atoms with Gasteiger partial charge in [0.1, 0.15) is 0 Å². The third-order valence-electron chi connectivity index (χ3n) is 0.686.